The van der Waals surface area contributed by atoms with Gasteiger partial charge in [0.1, 0.15) is 0 Å². The van der Waals surface area contributed by atoms with Crippen LogP contribution >= 0.6 is 11.8 Å². The van der Waals surface area contributed by atoms with Crippen molar-refractivity contribution in [3.05, 3.63) is 70.5 Å². The second-order valence-electron chi connectivity index (χ2n) is 6.63. The summed E-state index contributed by atoms with van der Waals surface area (Å²) in [5.74, 6) is 0. The predicted octanol–water partition coefficient (Wildman–Crippen LogP) is 4.43. The van der Waals surface area contributed by atoms with Crippen LogP contribution < -0.4 is 5.56 Å². The first-order valence-corrected chi connectivity index (χ1v) is 9.93. The average molecular weight is 366 g/mol. The van der Waals surface area contributed by atoms with Gasteiger partial charge in [-0.15, -0.1) is 0 Å². The van der Waals surface area contributed by atoms with Gasteiger partial charge in [-0.1, -0.05) is 54.2 Å². The minimum absolute atomic E-state index is 0.0221. The third-order valence-corrected chi connectivity index (χ3v) is 5.94. The lowest BCUT2D eigenvalue weighted by Gasteiger charge is -2.18. The third kappa shape index (κ3) is 3.55. The van der Waals surface area contributed by atoms with Crippen LogP contribution in [-0.2, 0) is 11.3 Å². The minimum atomic E-state index is 0.0221. The van der Waals surface area contributed by atoms with Gasteiger partial charge in [0.25, 0.3) is 5.56 Å². The molecule has 0 amide bonds. The van der Waals surface area contributed by atoms with E-state index < -0.39 is 0 Å². The maximum Gasteiger partial charge on any atom is 0.262 e. The Labute approximate surface area is 157 Å². The molecule has 1 saturated heterocycles. The van der Waals surface area contributed by atoms with Crippen molar-refractivity contribution >= 4 is 22.7 Å². The first-order valence-electron chi connectivity index (χ1n) is 9.05. The van der Waals surface area contributed by atoms with Crippen molar-refractivity contribution in [2.24, 2.45) is 0 Å². The lowest BCUT2D eigenvalue weighted by molar-refractivity contribution is 0.0937. The van der Waals surface area contributed by atoms with E-state index in [0.717, 1.165) is 30.1 Å². The van der Waals surface area contributed by atoms with Crippen molar-refractivity contribution in [3.63, 3.8) is 0 Å². The summed E-state index contributed by atoms with van der Waals surface area (Å²) in [5.41, 5.74) is 2.00. The Bertz CT molecular complexity index is 949. The van der Waals surface area contributed by atoms with Crippen molar-refractivity contribution in [1.82, 2.24) is 9.55 Å². The molecule has 3 aromatic rings. The number of benzene rings is 2. The molecule has 2 aromatic carbocycles. The van der Waals surface area contributed by atoms with Crippen molar-refractivity contribution in [1.29, 1.82) is 0 Å². The summed E-state index contributed by atoms with van der Waals surface area (Å²) >= 11 is 1.63. The second kappa shape index (κ2) is 7.64. The van der Waals surface area contributed by atoms with E-state index in [1.54, 1.807) is 11.8 Å². The number of hydrogen-bond acceptors (Lipinski definition) is 4. The molecule has 0 unspecified atom stereocenters. The van der Waals surface area contributed by atoms with Crippen LogP contribution in [-0.4, -0.2) is 22.3 Å². The van der Waals surface area contributed by atoms with E-state index in [2.05, 4.69) is 19.1 Å². The van der Waals surface area contributed by atoms with Crippen LogP contribution in [0, 0.1) is 0 Å². The summed E-state index contributed by atoms with van der Waals surface area (Å²) in [5, 5.41) is 1.64. The largest absolute Gasteiger partial charge is 0.376 e. The van der Waals surface area contributed by atoms with Crippen LogP contribution in [0.25, 0.3) is 10.9 Å². The Morgan fingerprint density at radius 3 is 2.73 bits per heavy atom. The highest BCUT2D eigenvalue weighted by Gasteiger charge is 2.21. The van der Waals surface area contributed by atoms with E-state index in [9.17, 15) is 4.79 Å². The lowest BCUT2D eigenvalue weighted by atomic mass is 10.2. The Kier molecular flexibility index (Phi) is 5.09. The molecule has 4 nitrogen and oxygen atoms in total. The molecule has 1 fully saturated rings. The van der Waals surface area contributed by atoms with Crippen LogP contribution in [0.2, 0.25) is 0 Å². The molecule has 0 bridgehead atoms. The number of hydrogen-bond donors (Lipinski definition) is 0. The zero-order valence-corrected chi connectivity index (χ0v) is 15.6. The van der Waals surface area contributed by atoms with Crippen LogP contribution in [0.4, 0.5) is 0 Å². The molecule has 1 aliphatic rings. The molecule has 4 rings (SSSR count). The lowest BCUT2D eigenvalue weighted by Crippen LogP contribution is -2.29. The minimum Gasteiger partial charge on any atom is -0.376 e. The van der Waals surface area contributed by atoms with Gasteiger partial charge in [-0.3, -0.25) is 9.36 Å². The molecule has 134 valence electrons. The van der Waals surface area contributed by atoms with Gasteiger partial charge in [0.15, 0.2) is 5.16 Å². The van der Waals surface area contributed by atoms with Crippen molar-refractivity contribution in [2.45, 2.75) is 42.8 Å². The summed E-state index contributed by atoms with van der Waals surface area (Å²) in [7, 11) is 0. The van der Waals surface area contributed by atoms with E-state index in [1.807, 2.05) is 47.0 Å². The van der Waals surface area contributed by atoms with Crippen molar-refractivity contribution in [2.75, 3.05) is 6.61 Å². The third-order valence-electron chi connectivity index (χ3n) is 4.79. The summed E-state index contributed by atoms with van der Waals surface area (Å²) in [6.45, 7) is 3.50. The van der Waals surface area contributed by atoms with Gasteiger partial charge in [-0.2, -0.15) is 0 Å². The Morgan fingerprint density at radius 1 is 1.19 bits per heavy atom. The van der Waals surface area contributed by atoms with Gasteiger partial charge in [0.2, 0.25) is 0 Å². The average Bonchev–Trinajstić information content (AvgIpc) is 3.19. The molecule has 0 spiro atoms. The van der Waals surface area contributed by atoms with Crippen LogP contribution in [0.5, 0.6) is 0 Å². The first kappa shape index (κ1) is 17.3. The molecule has 0 saturated carbocycles. The highest BCUT2D eigenvalue weighted by atomic mass is 32.2. The smallest absolute Gasteiger partial charge is 0.262 e. The summed E-state index contributed by atoms with van der Waals surface area (Å²) in [4.78, 5) is 17.9. The van der Waals surface area contributed by atoms with Crippen molar-refractivity contribution in [3.8, 4) is 0 Å². The van der Waals surface area contributed by atoms with Crippen molar-refractivity contribution < 1.29 is 4.74 Å². The molecule has 5 heteroatoms. The molecule has 2 heterocycles. The number of ether oxygens (including phenoxy) is 1. The second-order valence-corrected chi connectivity index (χ2v) is 7.94. The molecular weight excluding hydrogens is 344 g/mol. The van der Waals surface area contributed by atoms with Gasteiger partial charge in [0, 0.05) is 11.9 Å². The normalized spacial score (nSPS) is 18.3. The van der Waals surface area contributed by atoms with E-state index in [0.29, 0.717) is 11.9 Å². The number of nitrogens with zero attached hydrogens (tertiary/aromatic N) is 2. The zero-order valence-electron chi connectivity index (χ0n) is 14.8. The predicted molar refractivity (Wildman–Crippen MR) is 106 cm³/mol. The van der Waals surface area contributed by atoms with Gasteiger partial charge < -0.3 is 4.74 Å². The van der Waals surface area contributed by atoms with E-state index in [4.69, 9.17) is 9.72 Å². The van der Waals surface area contributed by atoms with E-state index in [1.165, 1.54) is 5.56 Å². The summed E-state index contributed by atoms with van der Waals surface area (Å²) in [6.07, 6.45) is 2.16. The van der Waals surface area contributed by atoms with E-state index in [-0.39, 0.29) is 16.9 Å². The maximum absolute atomic E-state index is 13.1. The number of aromatic nitrogens is 2. The van der Waals surface area contributed by atoms with Gasteiger partial charge in [0.05, 0.1) is 23.6 Å². The number of rotatable bonds is 5. The zero-order chi connectivity index (χ0) is 17.9. The van der Waals surface area contributed by atoms with Gasteiger partial charge >= 0.3 is 0 Å². The standard InChI is InChI=1S/C21H22N2O2S/c1-15(16-8-3-2-4-9-16)26-21-22-19-12-6-5-11-18(19)20(24)23(21)14-17-10-7-13-25-17/h2-6,8-9,11-12,15,17H,7,10,13-14H2,1H3/t15-,17-/m1/s1. The molecule has 2 atom stereocenters. The number of para-hydroxylation sites is 1. The van der Waals surface area contributed by atoms with Gasteiger partial charge in [-0.25, -0.2) is 4.98 Å². The van der Waals surface area contributed by atoms with Crippen LogP contribution in [0.3, 0.4) is 0 Å². The molecular formula is C21H22N2O2S. The number of fused-ring (bicyclic) bond motifs is 1. The maximum atomic E-state index is 13.1. The topological polar surface area (TPSA) is 44.1 Å². The fourth-order valence-corrected chi connectivity index (χ4v) is 4.39. The Hall–Kier alpha value is -2.11. The summed E-state index contributed by atoms with van der Waals surface area (Å²) in [6, 6.07) is 17.9. The fraction of sp³-hybridized carbons (Fsp3) is 0.333. The molecule has 0 radical (unpaired) electrons. The fourth-order valence-electron chi connectivity index (χ4n) is 3.34. The Morgan fingerprint density at radius 2 is 1.96 bits per heavy atom. The van der Waals surface area contributed by atoms with E-state index >= 15 is 0 Å². The molecule has 0 N–H and O–H groups in total. The highest BCUT2D eigenvalue weighted by Crippen LogP contribution is 2.34. The number of thioether (sulfide) groups is 1. The SMILES string of the molecule is C[C@@H](Sc1nc2ccccc2c(=O)n1C[C@H]1CCCO1)c1ccccc1. The molecule has 0 aliphatic carbocycles. The highest BCUT2D eigenvalue weighted by molar-refractivity contribution is 7.99. The summed E-state index contributed by atoms with van der Waals surface area (Å²) < 4.78 is 7.58. The van der Waals surface area contributed by atoms with Crippen LogP contribution in [0.15, 0.2) is 64.5 Å². The molecule has 1 aliphatic heterocycles. The molecule has 26 heavy (non-hydrogen) atoms. The Balaban J connectivity index is 1.74. The van der Waals surface area contributed by atoms with Gasteiger partial charge in [-0.05, 0) is 37.5 Å². The monoisotopic (exact) mass is 366 g/mol. The van der Waals surface area contributed by atoms with Crippen LogP contribution in [0.1, 0.15) is 30.6 Å². The first-order chi connectivity index (χ1) is 12.7. The molecule has 1 aromatic heterocycles. The quantitative estimate of drug-likeness (QED) is 0.495.